The number of guanidine groups is 1. The number of morpholine rings is 1. The maximum atomic E-state index is 5.58. The SMILES string of the molecule is CCNC(=NCc1ccc(CN2CCCC2)cc1)NCC(c1ccccc1)N1CCOCC1.I. The van der Waals surface area contributed by atoms with Gasteiger partial charge in [-0.2, -0.15) is 0 Å². The zero-order valence-corrected chi connectivity index (χ0v) is 22.7. The summed E-state index contributed by atoms with van der Waals surface area (Å²) < 4.78 is 5.58. The van der Waals surface area contributed by atoms with E-state index in [1.165, 1.54) is 42.6 Å². The van der Waals surface area contributed by atoms with Crippen molar-refractivity contribution in [2.24, 2.45) is 4.99 Å². The molecule has 2 heterocycles. The molecule has 2 N–H and O–H groups in total. The Labute approximate surface area is 222 Å². The number of nitrogens with one attached hydrogen (secondary N) is 2. The summed E-state index contributed by atoms with van der Waals surface area (Å²) in [6.07, 6.45) is 2.67. The normalized spacial score (nSPS) is 18.3. The van der Waals surface area contributed by atoms with Gasteiger partial charge in [0.05, 0.1) is 25.8 Å². The molecule has 2 saturated heterocycles. The topological polar surface area (TPSA) is 52.1 Å². The number of rotatable bonds is 9. The lowest BCUT2D eigenvalue weighted by Gasteiger charge is -2.35. The molecule has 2 aromatic rings. The Morgan fingerprint density at radius 1 is 0.912 bits per heavy atom. The second-order valence-corrected chi connectivity index (χ2v) is 8.95. The summed E-state index contributed by atoms with van der Waals surface area (Å²) in [6.45, 7) is 11.5. The quantitative estimate of drug-likeness (QED) is 0.268. The molecule has 2 aliphatic rings. The van der Waals surface area contributed by atoms with E-state index in [1.807, 2.05) is 0 Å². The third kappa shape index (κ3) is 8.22. The first-order chi connectivity index (χ1) is 16.3. The number of hydrogen-bond donors (Lipinski definition) is 2. The van der Waals surface area contributed by atoms with Crippen LogP contribution in [0.5, 0.6) is 0 Å². The monoisotopic (exact) mass is 577 g/mol. The molecule has 2 aliphatic heterocycles. The smallest absolute Gasteiger partial charge is 0.191 e. The Balaban J connectivity index is 0.00000324. The van der Waals surface area contributed by atoms with Crippen LogP contribution in [0.1, 0.15) is 42.5 Å². The van der Waals surface area contributed by atoms with E-state index in [9.17, 15) is 0 Å². The van der Waals surface area contributed by atoms with Gasteiger partial charge in [-0.3, -0.25) is 9.80 Å². The van der Waals surface area contributed by atoms with Crippen molar-refractivity contribution in [1.29, 1.82) is 0 Å². The number of ether oxygens (including phenoxy) is 1. The maximum Gasteiger partial charge on any atom is 0.191 e. The number of nitrogens with zero attached hydrogens (tertiary/aromatic N) is 3. The molecule has 7 heteroatoms. The summed E-state index contributed by atoms with van der Waals surface area (Å²) in [7, 11) is 0. The molecule has 186 valence electrons. The number of aliphatic imine (C=N–C) groups is 1. The highest BCUT2D eigenvalue weighted by atomic mass is 127. The molecule has 2 fully saturated rings. The lowest BCUT2D eigenvalue weighted by molar-refractivity contribution is 0.0170. The molecule has 0 aliphatic carbocycles. The van der Waals surface area contributed by atoms with E-state index < -0.39 is 0 Å². The molecule has 0 amide bonds. The number of benzene rings is 2. The molecule has 1 atom stereocenters. The fourth-order valence-corrected chi connectivity index (χ4v) is 4.68. The molecule has 0 radical (unpaired) electrons. The van der Waals surface area contributed by atoms with Crippen molar-refractivity contribution in [1.82, 2.24) is 20.4 Å². The molecular weight excluding hydrogens is 537 g/mol. The summed E-state index contributed by atoms with van der Waals surface area (Å²) in [5.74, 6) is 0.868. The minimum absolute atomic E-state index is 0. The summed E-state index contributed by atoms with van der Waals surface area (Å²) >= 11 is 0. The van der Waals surface area contributed by atoms with Crippen LogP contribution in [-0.4, -0.2) is 68.2 Å². The molecule has 0 spiro atoms. The lowest BCUT2D eigenvalue weighted by Crippen LogP contribution is -2.46. The second-order valence-electron chi connectivity index (χ2n) is 8.95. The standard InChI is InChI=1S/C27H39N5O.HI/c1-2-28-27(29-20-23-10-12-24(13-11-23)22-31-14-6-7-15-31)30-21-26(25-8-4-3-5-9-25)32-16-18-33-19-17-32;/h3-5,8-13,26H,2,6-7,14-22H2,1H3,(H2,28,29,30);1H. The van der Waals surface area contributed by atoms with Crippen LogP contribution >= 0.6 is 24.0 Å². The van der Waals surface area contributed by atoms with Gasteiger partial charge in [-0.1, -0.05) is 54.6 Å². The number of hydrogen-bond acceptors (Lipinski definition) is 4. The Morgan fingerprint density at radius 2 is 1.59 bits per heavy atom. The van der Waals surface area contributed by atoms with Gasteiger partial charge in [0.2, 0.25) is 0 Å². The van der Waals surface area contributed by atoms with Crippen molar-refractivity contribution in [2.45, 2.75) is 38.9 Å². The van der Waals surface area contributed by atoms with Crippen LogP contribution < -0.4 is 10.6 Å². The number of halogens is 1. The van der Waals surface area contributed by atoms with E-state index >= 15 is 0 Å². The van der Waals surface area contributed by atoms with Crippen LogP contribution in [0.4, 0.5) is 0 Å². The van der Waals surface area contributed by atoms with Crippen LogP contribution in [0.25, 0.3) is 0 Å². The predicted octanol–water partition coefficient (Wildman–Crippen LogP) is 4.03. The lowest BCUT2D eigenvalue weighted by atomic mass is 10.0. The average molecular weight is 578 g/mol. The first-order valence-electron chi connectivity index (χ1n) is 12.5. The van der Waals surface area contributed by atoms with Crippen LogP contribution in [0.15, 0.2) is 59.6 Å². The van der Waals surface area contributed by atoms with Gasteiger partial charge in [0.1, 0.15) is 0 Å². The van der Waals surface area contributed by atoms with Crippen molar-refractivity contribution in [2.75, 3.05) is 52.5 Å². The summed E-state index contributed by atoms with van der Waals surface area (Å²) in [5.41, 5.74) is 3.97. The average Bonchev–Trinajstić information content (AvgIpc) is 3.38. The van der Waals surface area contributed by atoms with E-state index in [-0.39, 0.29) is 24.0 Å². The van der Waals surface area contributed by atoms with Crippen molar-refractivity contribution >= 4 is 29.9 Å². The minimum atomic E-state index is 0. The molecule has 34 heavy (non-hydrogen) atoms. The van der Waals surface area contributed by atoms with E-state index in [0.717, 1.165) is 51.9 Å². The summed E-state index contributed by atoms with van der Waals surface area (Å²) in [4.78, 5) is 9.92. The minimum Gasteiger partial charge on any atom is -0.379 e. The first kappa shape index (κ1) is 26.9. The van der Waals surface area contributed by atoms with Crippen LogP contribution in [0.3, 0.4) is 0 Å². The highest BCUT2D eigenvalue weighted by Crippen LogP contribution is 2.21. The largest absolute Gasteiger partial charge is 0.379 e. The van der Waals surface area contributed by atoms with Gasteiger partial charge in [0.25, 0.3) is 0 Å². The molecule has 2 aromatic carbocycles. The van der Waals surface area contributed by atoms with Gasteiger partial charge in [0.15, 0.2) is 5.96 Å². The molecule has 1 unspecified atom stereocenters. The highest BCUT2D eigenvalue weighted by Gasteiger charge is 2.22. The predicted molar refractivity (Wildman–Crippen MR) is 151 cm³/mol. The fourth-order valence-electron chi connectivity index (χ4n) is 4.68. The van der Waals surface area contributed by atoms with Crippen LogP contribution in [0.2, 0.25) is 0 Å². The molecule has 0 bridgehead atoms. The van der Waals surface area contributed by atoms with Crippen LogP contribution in [-0.2, 0) is 17.8 Å². The van der Waals surface area contributed by atoms with E-state index in [2.05, 4.69) is 82.0 Å². The van der Waals surface area contributed by atoms with Crippen molar-refractivity contribution in [3.05, 3.63) is 71.3 Å². The molecule has 4 rings (SSSR count). The molecule has 0 saturated carbocycles. The number of likely N-dealkylation sites (tertiary alicyclic amines) is 1. The molecule has 0 aromatic heterocycles. The van der Waals surface area contributed by atoms with E-state index in [1.54, 1.807) is 0 Å². The van der Waals surface area contributed by atoms with Gasteiger partial charge >= 0.3 is 0 Å². The molecular formula is C27H40IN5O. The third-order valence-corrected chi connectivity index (χ3v) is 6.53. The van der Waals surface area contributed by atoms with Gasteiger partial charge in [0, 0.05) is 32.7 Å². The second kappa shape index (κ2) is 14.7. The van der Waals surface area contributed by atoms with Gasteiger partial charge < -0.3 is 15.4 Å². The fraction of sp³-hybridized carbons (Fsp3) is 0.519. The van der Waals surface area contributed by atoms with Gasteiger partial charge in [-0.25, -0.2) is 4.99 Å². The Hall–Kier alpha value is -1.68. The van der Waals surface area contributed by atoms with E-state index in [0.29, 0.717) is 12.6 Å². The Kier molecular flexibility index (Phi) is 11.6. The maximum absolute atomic E-state index is 5.58. The van der Waals surface area contributed by atoms with Crippen LogP contribution in [0, 0.1) is 0 Å². The van der Waals surface area contributed by atoms with Gasteiger partial charge in [-0.15, -0.1) is 24.0 Å². The highest BCUT2D eigenvalue weighted by molar-refractivity contribution is 14.0. The van der Waals surface area contributed by atoms with E-state index in [4.69, 9.17) is 9.73 Å². The molecule has 6 nitrogen and oxygen atoms in total. The van der Waals surface area contributed by atoms with Crippen molar-refractivity contribution < 1.29 is 4.74 Å². The van der Waals surface area contributed by atoms with Crippen molar-refractivity contribution in [3.63, 3.8) is 0 Å². The first-order valence-corrected chi connectivity index (χ1v) is 12.5. The summed E-state index contributed by atoms with van der Waals surface area (Å²) in [6, 6.07) is 20.0. The zero-order valence-electron chi connectivity index (χ0n) is 20.4. The van der Waals surface area contributed by atoms with Gasteiger partial charge in [-0.05, 0) is 49.5 Å². The summed E-state index contributed by atoms with van der Waals surface area (Å²) in [5, 5.41) is 7.01. The Morgan fingerprint density at radius 3 is 2.26 bits per heavy atom. The zero-order chi connectivity index (χ0) is 22.7. The van der Waals surface area contributed by atoms with Crippen molar-refractivity contribution in [3.8, 4) is 0 Å². The third-order valence-electron chi connectivity index (χ3n) is 6.53. The Bertz CT molecular complexity index is 849.